The number of hydrogen-bond acceptors (Lipinski definition) is 8. The highest BCUT2D eigenvalue weighted by Gasteiger charge is 2.38. The van der Waals surface area contributed by atoms with Crippen LogP contribution in [0, 0.1) is 0 Å². The van der Waals surface area contributed by atoms with E-state index >= 15 is 0 Å². The molecule has 45 heavy (non-hydrogen) atoms. The fourth-order valence-corrected chi connectivity index (χ4v) is 4.12. The van der Waals surface area contributed by atoms with Gasteiger partial charge in [0.05, 0.1) is 0 Å². The zero-order valence-corrected chi connectivity index (χ0v) is 24.1. The van der Waals surface area contributed by atoms with Crippen molar-refractivity contribution in [2.75, 3.05) is 19.6 Å². The van der Waals surface area contributed by atoms with Gasteiger partial charge in [-0.3, -0.25) is 14.5 Å². The zero-order valence-electron chi connectivity index (χ0n) is 24.1. The molecule has 0 aliphatic carbocycles. The lowest BCUT2D eigenvalue weighted by Crippen LogP contribution is -2.57. The van der Waals surface area contributed by atoms with Crippen molar-refractivity contribution in [3.63, 3.8) is 0 Å². The van der Waals surface area contributed by atoms with Crippen molar-refractivity contribution in [2.45, 2.75) is 50.8 Å². The molecule has 0 aromatic heterocycles. The third-order valence-electron chi connectivity index (χ3n) is 6.47. The van der Waals surface area contributed by atoms with Gasteiger partial charge in [0.15, 0.2) is 0 Å². The molecule has 3 amide bonds. The summed E-state index contributed by atoms with van der Waals surface area (Å²) >= 11 is 0. The average molecular weight is 639 g/mol. The molecule has 1 aliphatic heterocycles. The molecule has 4 N–H and O–H groups in total. The van der Waals surface area contributed by atoms with Gasteiger partial charge in [0.2, 0.25) is 11.8 Å². The Labute approximate surface area is 255 Å². The maximum atomic E-state index is 13.5. The normalized spacial score (nSPS) is 16.6. The Morgan fingerprint density at radius 1 is 1.00 bits per heavy atom. The molecule has 0 saturated carbocycles. The molecule has 0 spiro atoms. The van der Waals surface area contributed by atoms with Crippen molar-refractivity contribution in [2.24, 2.45) is 0 Å². The van der Waals surface area contributed by atoms with Crippen LogP contribution < -0.4 is 10.6 Å². The summed E-state index contributed by atoms with van der Waals surface area (Å²) in [5.74, 6) is -5.32. The number of rotatable bonds is 11. The molecule has 1 heterocycles. The minimum atomic E-state index is -5.08. The number of aliphatic carboxylic acids is 2. The highest BCUT2D eigenvalue weighted by molar-refractivity contribution is 5.93. The molecule has 2 aromatic carbocycles. The van der Waals surface area contributed by atoms with Crippen LogP contribution in [-0.2, 0) is 41.9 Å². The van der Waals surface area contributed by atoms with Gasteiger partial charge in [-0.1, -0.05) is 60.7 Å². The van der Waals surface area contributed by atoms with Gasteiger partial charge in [0.1, 0.15) is 31.0 Å². The Morgan fingerprint density at radius 2 is 1.56 bits per heavy atom. The molecule has 0 radical (unpaired) electrons. The molecule has 0 bridgehead atoms. The van der Waals surface area contributed by atoms with E-state index in [9.17, 15) is 42.3 Å². The van der Waals surface area contributed by atoms with Crippen LogP contribution in [0.3, 0.4) is 0 Å². The molecular formula is C29H33F3N4O9. The van der Waals surface area contributed by atoms with Crippen molar-refractivity contribution >= 4 is 36.1 Å². The van der Waals surface area contributed by atoms with Crippen LogP contribution in [0.15, 0.2) is 60.7 Å². The molecule has 1 saturated heterocycles. The molecule has 244 valence electrons. The van der Waals surface area contributed by atoms with Gasteiger partial charge in [0, 0.05) is 32.6 Å². The van der Waals surface area contributed by atoms with E-state index < -0.39 is 60.6 Å². The molecule has 3 rings (SSSR count). The Bertz CT molecular complexity index is 1310. The van der Waals surface area contributed by atoms with Crippen LogP contribution >= 0.6 is 0 Å². The van der Waals surface area contributed by atoms with Gasteiger partial charge in [-0.25, -0.2) is 14.4 Å². The van der Waals surface area contributed by atoms with E-state index in [0.29, 0.717) is 19.4 Å². The van der Waals surface area contributed by atoms with Crippen molar-refractivity contribution < 1.29 is 56.9 Å². The molecule has 1 aliphatic rings. The molecule has 3 atom stereocenters. The van der Waals surface area contributed by atoms with E-state index in [1.807, 2.05) is 65.6 Å². The summed E-state index contributed by atoms with van der Waals surface area (Å²) in [6, 6.07) is 15.3. The van der Waals surface area contributed by atoms with Gasteiger partial charge >= 0.3 is 24.2 Å². The van der Waals surface area contributed by atoms with Gasteiger partial charge in [-0.2, -0.15) is 13.2 Å². The molecule has 1 fully saturated rings. The Morgan fingerprint density at radius 3 is 2.07 bits per heavy atom. The van der Waals surface area contributed by atoms with E-state index in [-0.39, 0.29) is 19.7 Å². The predicted molar refractivity (Wildman–Crippen MR) is 150 cm³/mol. The van der Waals surface area contributed by atoms with Crippen LogP contribution in [0.2, 0.25) is 0 Å². The third-order valence-corrected chi connectivity index (χ3v) is 6.47. The van der Waals surface area contributed by atoms with Crippen molar-refractivity contribution in [3.05, 3.63) is 71.8 Å². The highest BCUT2D eigenvalue weighted by atomic mass is 19.4. The first-order valence-corrected chi connectivity index (χ1v) is 13.5. The van der Waals surface area contributed by atoms with Crippen LogP contribution in [0.5, 0.6) is 0 Å². The number of amides is 3. The Balaban J connectivity index is 0.000000900. The molecule has 2 aromatic rings. The number of nitrogens with one attached hydrogen (secondary N) is 2. The molecule has 0 unspecified atom stereocenters. The van der Waals surface area contributed by atoms with E-state index in [4.69, 9.17) is 14.6 Å². The summed E-state index contributed by atoms with van der Waals surface area (Å²) in [7, 11) is 0. The first-order chi connectivity index (χ1) is 21.2. The molecule has 13 nitrogen and oxygen atoms in total. The van der Waals surface area contributed by atoms with Crippen molar-refractivity contribution in [3.8, 4) is 0 Å². The smallest absolute Gasteiger partial charge is 0.480 e. The SMILES string of the molecule is C[C@H](C(=O)N[C@@H](CC=O)C(=O)O)N1CCN(Cc2ccccc2)C[C@H](NC(=O)OCc2ccccc2)C1=O.O=C(O)C(F)(F)F. The number of hydrogen-bond donors (Lipinski definition) is 4. The highest BCUT2D eigenvalue weighted by Crippen LogP contribution is 2.15. The monoisotopic (exact) mass is 638 g/mol. The van der Waals surface area contributed by atoms with Crippen LogP contribution in [0.25, 0.3) is 0 Å². The zero-order chi connectivity index (χ0) is 33.6. The maximum Gasteiger partial charge on any atom is 0.490 e. The third kappa shape index (κ3) is 12.3. The van der Waals surface area contributed by atoms with Crippen LogP contribution in [0.1, 0.15) is 24.5 Å². The summed E-state index contributed by atoms with van der Waals surface area (Å²) < 4.78 is 37.0. The minimum absolute atomic E-state index is 0.0249. The topological polar surface area (TPSA) is 183 Å². The summed E-state index contributed by atoms with van der Waals surface area (Å²) in [6.07, 6.45) is -5.85. The number of carboxylic acids is 2. The number of alkyl halides is 3. The average Bonchev–Trinajstić information content (AvgIpc) is 3.14. The predicted octanol–water partition coefficient (Wildman–Crippen LogP) is 1.81. The number of aldehydes is 1. The van der Waals surface area contributed by atoms with E-state index in [1.165, 1.54) is 11.8 Å². The van der Waals surface area contributed by atoms with Crippen molar-refractivity contribution in [1.82, 2.24) is 20.4 Å². The second kappa shape index (κ2) is 17.3. The van der Waals surface area contributed by atoms with E-state index in [1.54, 1.807) is 0 Å². The van der Waals surface area contributed by atoms with Gasteiger partial charge in [-0.05, 0) is 18.1 Å². The fraction of sp³-hybridized carbons (Fsp3) is 0.379. The first-order valence-electron chi connectivity index (χ1n) is 13.5. The largest absolute Gasteiger partial charge is 0.490 e. The fourth-order valence-electron chi connectivity index (χ4n) is 4.12. The van der Waals surface area contributed by atoms with Crippen LogP contribution in [-0.4, -0.2) is 100 Å². The summed E-state index contributed by atoms with van der Waals surface area (Å²) in [5, 5.41) is 21.3. The number of nitrogens with zero attached hydrogens (tertiary/aromatic N) is 2. The van der Waals surface area contributed by atoms with Crippen LogP contribution in [0.4, 0.5) is 18.0 Å². The number of alkyl carbamates (subject to hydrolysis) is 1. The number of carbonyl (C=O) groups is 6. The first kappa shape index (κ1) is 36.2. The lowest BCUT2D eigenvalue weighted by Gasteiger charge is -2.30. The number of carboxylic acid groups (broad SMARTS) is 2. The number of ether oxygens (including phenoxy) is 1. The number of benzene rings is 2. The lowest BCUT2D eigenvalue weighted by atomic mass is 10.1. The second-order valence-corrected chi connectivity index (χ2v) is 9.79. The quantitative estimate of drug-likeness (QED) is 0.265. The number of carbonyl (C=O) groups excluding carboxylic acids is 4. The van der Waals surface area contributed by atoms with E-state index in [2.05, 4.69) is 10.6 Å². The Hall–Kier alpha value is -4.99. The maximum absolute atomic E-state index is 13.5. The molecular weight excluding hydrogens is 605 g/mol. The molecule has 16 heteroatoms. The van der Waals surface area contributed by atoms with Gasteiger partial charge in [-0.15, -0.1) is 0 Å². The summed E-state index contributed by atoms with van der Waals surface area (Å²) in [4.78, 5) is 73.4. The van der Waals surface area contributed by atoms with Gasteiger partial charge < -0.3 is 35.3 Å². The van der Waals surface area contributed by atoms with Gasteiger partial charge in [0.25, 0.3) is 0 Å². The second-order valence-electron chi connectivity index (χ2n) is 9.79. The van der Waals surface area contributed by atoms with E-state index in [0.717, 1.165) is 11.1 Å². The summed E-state index contributed by atoms with van der Waals surface area (Å²) in [5.41, 5.74) is 1.80. The minimum Gasteiger partial charge on any atom is -0.480 e. The Kier molecular flexibility index (Phi) is 14.0. The lowest BCUT2D eigenvalue weighted by molar-refractivity contribution is -0.192. The summed E-state index contributed by atoms with van der Waals surface area (Å²) in [6.45, 7) is 2.78. The standard InChI is InChI=1S/C27H32N4O7.C2HF3O2/c1-19(24(33)28-22(12-15-32)26(35)36)31-14-13-30(16-20-8-4-2-5-9-20)17-23(25(31)34)29-27(37)38-18-21-10-6-3-7-11-21;3-2(4,5)1(6)7/h2-11,15,19,22-23H,12-14,16-18H2,1H3,(H,28,33)(H,29,37)(H,35,36);(H,6,7)/t19-,22+,23+;/m1./s1. The number of halogens is 3. The van der Waals surface area contributed by atoms with Crippen molar-refractivity contribution in [1.29, 1.82) is 0 Å².